The molecule has 26 heavy (non-hydrogen) atoms. The summed E-state index contributed by atoms with van der Waals surface area (Å²) < 4.78 is 2.71. The van der Waals surface area contributed by atoms with E-state index < -0.39 is 0 Å². The lowest BCUT2D eigenvalue weighted by Crippen LogP contribution is -2.26. The molecular formula is C20H18BrN3O2. The maximum Gasteiger partial charge on any atom is 0.261 e. The number of carbonyl (C=O) groups excluding carboxylic acids is 1. The van der Waals surface area contributed by atoms with Crippen molar-refractivity contribution < 1.29 is 4.79 Å². The molecule has 0 spiro atoms. The molecule has 0 aliphatic carbocycles. The van der Waals surface area contributed by atoms with Crippen LogP contribution in [-0.4, -0.2) is 27.4 Å². The number of fused-ring (bicyclic) bond motifs is 2. The van der Waals surface area contributed by atoms with E-state index in [-0.39, 0.29) is 11.5 Å². The SMILES string of the molecule is CN(Cc1ccccc1Br)C(=O)c1ccc2c(=O)n3c(nc2c1)CCC3. The van der Waals surface area contributed by atoms with Gasteiger partial charge in [-0.2, -0.15) is 0 Å². The fraction of sp³-hybridized carbons (Fsp3) is 0.250. The minimum absolute atomic E-state index is 0.0110. The van der Waals surface area contributed by atoms with Crippen molar-refractivity contribution in [3.63, 3.8) is 0 Å². The molecule has 0 atom stereocenters. The molecule has 0 unspecified atom stereocenters. The van der Waals surface area contributed by atoms with E-state index in [4.69, 9.17) is 0 Å². The number of hydrogen-bond acceptors (Lipinski definition) is 3. The Morgan fingerprint density at radius 2 is 2.08 bits per heavy atom. The van der Waals surface area contributed by atoms with E-state index in [1.54, 1.807) is 34.7 Å². The maximum absolute atomic E-state index is 12.8. The predicted molar refractivity (Wildman–Crippen MR) is 104 cm³/mol. The summed E-state index contributed by atoms with van der Waals surface area (Å²) in [5.41, 5.74) is 2.17. The van der Waals surface area contributed by atoms with Crippen molar-refractivity contribution in [2.75, 3.05) is 7.05 Å². The summed E-state index contributed by atoms with van der Waals surface area (Å²) in [4.78, 5) is 31.6. The Bertz CT molecular complexity index is 1070. The zero-order valence-corrected chi connectivity index (χ0v) is 16.0. The summed E-state index contributed by atoms with van der Waals surface area (Å²) in [5.74, 6) is 0.721. The van der Waals surface area contributed by atoms with E-state index in [0.717, 1.165) is 35.2 Å². The van der Waals surface area contributed by atoms with Crippen LogP contribution in [-0.2, 0) is 19.5 Å². The van der Waals surface area contributed by atoms with Gasteiger partial charge >= 0.3 is 0 Å². The van der Waals surface area contributed by atoms with Gasteiger partial charge in [0.05, 0.1) is 10.9 Å². The van der Waals surface area contributed by atoms with E-state index in [9.17, 15) is 9.59 Å². The lowest BCUT2D eigenvalue weighted by molar-refractivity contribution is 0.0785. The monoisotopic (exact) mass is 411 g/mol. The van der Waals surface area contributed by atoms with Gasteiger partial charge in [-0.1, -0.05) is 34.1 Å². The van der Waals surface area contributed by atoms with Crippen molar-refractivity contribution in [3.8, 4) is 0 Å². The topological polar surface area (TPSA) is 55.2 Å². The first-order valence-electron chi connectivity index (χ1n) is 8.57. The fourth-order valence-electron chi connectivity index (χ4n) is 3.39. The predicted octanol–water partition coefficient (Wildman–Crippen LogP) is 3.38. The standard InChI is InChI=1S/C20H18BrN3O2/c1-23(12-14-5-2-3-6-16(14)21)19(25)13-8-9-15-17(11-13)22-18-7-4-10-24(18)20(15)26/h2-3,5-6,8-9,11H,4,7,10,12H2,1H3. The lowest BCUT2D eigenvalue weighted by atomic mass is 10.1. The Kier molecular flexibility index (Phi) is 4.36. The van der Waals surface area contributed by atoms with Crippen molar-refractivity contribution in [2.24, 2.45) is 0 Å². The highest BCUT2D eigenvalue weighted by Crippen LogP contribution is 2.20. The maximum atomic E-state index is 12.8. The Balaban J connectivity index is 1.66. The van der Waals surface area contributed by atoms with Crippen molar-refractivity contribution >= 4 is 32.7 Å². The van der Waals surface area contributed by atoms with Crippen LogP contribution < -0.4 is 5.56 Å². The molecule has 4 rings (SSSR count). The van der Waals surface area contributed by atoms with E-state index in [1.807, 2.05) is 24.3 Å². The molecule has 1 amide bonds. The molecule has 0 N–H and O–H groups in total. The molecule has 0 radical (unpaired) electrons. The number of amides is 1. The Morgan fingerprint density at radius 3 is 2.88 bits per heavy atom. The van der Waals surface area contributed by atoms with Crippen LogP contribution in [0.3, 0.4) is 0 Å². The average molecular weight is 412 g/mol. The summed E-state index contributed by atoms with van der Waals surface area (Å²) in [6.45, 7) is 1.23. The highest BCUT2D eigenvalue weighted by Gasteiger charge is 2.18. The van der Waals surface area contributed by atoms with E-state index in [0.29, 0.717) is 23.0 Å². The van der Waals surface area contributed by atoms with Crippen molar-refractivity contribution in [3.05, 3.63) is 74.2 Å². The molecule has 1 aromatic heterocycles. The van der Waals surface area contributed by atoms with Crippen LogP contribution in [0.1, 0.15) is 28.2 Å². The quantitative estimate of drug-likeness (QED) is 0.663. The third-order valence-electron chi connectivity index (χ3n) is 4.78. The van der Waals surface area contributed by atoms with E-state index in [1.165, 1.54) is 0 Å². The van der Waals surface area contributed by atoms with E-state index in [2.05, 4.69) is 20.9 Å². The Morgan fingerprint density at radius 1 is 1.27 bits per heavy atom. The number of nitrogens with zero attached hydrogens (tertiary/aromatic N) is 3. The summed E-state index contributed by atoms with van der Waals surface area (Å²) in [7, 11) is 1.77. The number of aryl methyl sites for hydroxylation is 1. The van der Waals surface area contributed by atoms with Crippen LogP contribution in [0.15, 0.2) is 51.7 Å². The van der Waals surface area contributed by atoms with Gasteiger partial charge in [0.25, 0.3) is 11.5 Å². The molecule has 6 heteroatoms. The molecular weight excluding hydrogens is 394 g/mol. The summed E-state index contributed by atoms with van der Waals surface area (Å²) in [5, 5.41) is 0.570. The summed E-state index contributed by atoms with van der Waals surface area (Å²) in [6.07, 6.45) is 1.75. The highest BCUT2D eigenvalue weighted by atomic mass is 79.9. The minimum atomic E-state index is -0.0925. The summed E-state index contributed by atoms with van der Waals surface area (Å²) >= 11 is 3.51. The molecule has 0 saturated carbocycles. The van der Waals surface area contributed by atoms with Crippen molar-refractivity contribution in [1.82, 2.24) is 14.5 Å². The van der Waals surface area contributed by atoms with Gasteiger partial charge in [0, 0.05) is 36.6 Å². The normalized spacial score (nSPS) is 13.0. The second-order valence-corrected chi connectivity index (χ2v) is 7.43. The van der Waals surface area contributed by atoms with Crippen LogP contribution in [0.25, 0.3) is 10.9 Å². The second kappa shape index (κ2) is 6.68. The van der Waals surface area contributed by atoms with Crippen molar-refractivity contribution in [1.29, 1.82) is 0 Å². The number of benzene rings is 2. The number of hydrogen-bond donors (Lipinski definition) is 0. The zero-order valence-electron chi connectivity index (χ0n) is 14.4. The molecule has 5 nitrogen and oxygen atoms in total. The van der Waals surface area contributed by atoms with Gasteiger partial charge < -0.3 is 4.90 Å². The molecule has 0 fully saturated rings. The first kappa shape index (κ1) is 17.0. The molecule has 1 aliphatic rings. The molecule has 1 aliphatic heterocycles. The Hall–Kier alpha value is -2.47. The van der Waals surface area contributed by atoms with Gasteiger partial charge in [0.15, 0.2) is 0 Å². The van der Waals surface area contributed by atoms with Crippen LogP contribution in [0.2, 0.25) is 0 Å². The van der Waals surface area contributed by atoms with Crippen LogP contribution in [0, 0.1) is 0 Å². The first-order valence-corrected chi connectivity index (χ1v) is 9.36. The number of carbonyl (C=O) groups is 1. The van der Waals surface area contributed by atoms with Gasteiger partial charge in [-0.15, -0.1) is 0 Å². The summed E-state index contributed by atoms with van der Waals surface area (Å²) in [6, 6.07) is 13.0. The smallest absolute Gasteiger partial charge is 0.261 e. The second-order valence-electron chi connectivity index (χ2n) is 6.57. The highest BCUT2D eigenvalue weighted by molar-refractivity contribution is 9.10. The average Bonchev–Trinajstić information content (AvgIpc) is 3.11. The largest absolute Gasteiger partial charge is 0.337 e. The number of aromatic nitrogens is 2. The minimum Gasteiger partial charge on any atom is -0.337 e. The first-order chi connectivity index (χ1) is 12.5. The number of halogens is 1. The zero-order chi connectivity index (χ0) is 18.3. The van der Waals surface area contributed by atoms with Gasteiger partial charge in [0.1, 0.15) is 5.82 Å². The van der Waals surface area contributed by atoms with Gasteiger partial charge in [-0.05, 0) is 36.2 Å². The Labute approximate surface area is 159 Å². The van der Waals surface area contributed by atoms with Gasteiger partial charge in [-0.25, -0.2) is 4.98 Å². The molecule has 0 saturated heterocycles. The fourth-order valence-corrected chi connectivity index (χ4v) is 3.80. The van der Waals surface area contributed by atoms with Crippen LogP contribution >= 0.6 is 15.9 Å². The molecule has 132 valence electrons. The molecule has 3 aromatic rings. The van der Waals surface area contributed by atoms with Crippen LogP contribution in [0.5, 0.6) is 0 Å². The lowest BCUT2D eigenvalue weighted by Gasteiger charge is -2.18. The molecule has 2 heterocycles. The third kappa shape index (κ3) is 2.94. The van der Waals surface area contributed by atoms with Gasteiger partial charge in [-0.3, -0.25) is 14.2 Å². The molecule has 2 aromatic carbocycles. The van der Waals surface area contributed by atoms with E-state index >= 15 is 0 Å². The van der Waals surface area contributed by atoms with Crippen LogP contribution in [0.4, 0.5) is 0 Å². The third-order valence-corrected chi connectivity index (χ3v) is 5.55. The number of rotatable bonds is 3. The van der Waals surface area contributed by atoms with Gasteiger partial charge in [0.2, 0.25) is 0 Å². The van der Waals surface area contributed by atoms with Crippen molar-refractivity contribution in [2.45, 2.75) is 25.9 Å². The molecule has 0 bridgehead atoms.